The van der Waals surface area contributed by atoms with E-state index in [-0.39, 0.29) is 17.9 Å². The van der Waals surface area contributed by atoms with Crippen molar-refractivity contribution in [2.75, 3.05) is 19.7 Å². The largest absolute Gasteiger partial charge is 0.371 e. The van der Waals surface area contributed by atoms with Gasteiger partial charge in [-0.05, 0) is 12.8 Å². The first-order valence-corrected chi connectivity index (χ1v) is 6.83. The van der Waals surface area contributed by atoms with Crippen LogP contribution in [-0.2, 0) is 9.53 Å². The molecule has 0 aromatic heterocycles. The van der Waals surface area contributed by atoms with E-state index < -0.39 is 11.8 Å². The number of morpholine rings is 1. The van der Waals surface area contributed by atoms with Gasteiger partial charge in [-0.3, -0.25) is 4.79 Å². The maximum atomic E-state index is 13.0. The number of halogens is 2. The molecule has 0 bridgehead atoms. The number of carbonyl (C=O) groups excluding carboxylic acids is 1. The third kappa shape index (κ3) is 2.13. The van der Waals surface area contributed by atoms with Gasteiger partial charge in [0.25, 0.3) is 5.92 Å². The highest BCUT2D eigenvalue weighted by molar-refractivity contribution is 5.83. The van der Waals surface area contributed by atoms with Crippen molar-refractivity contribution < 1.29 is 18.3 Å². The van der Waals surface area contributed by atoms with Crippen molar-refractivity contribution in [3.63, 3.8) is 0 Å². The van der Waals surface area contributed by atoms with Crippen molar-refractivity contribution in [1.29, 1.82) is 0 Å². The zero-order valence-corrected chi connectivity index (χ0v) is 10.5. The van der Waals surface area contributed by atoms with E-state index in [0.29, 0.717) is 19.7 Å². The molecule has 0 N–H and O–H groups in total. The van der Waals surface area contributed by atoms with Crippen LogP contribution in [-0.4, -0.2) is 42.0 Å². The molecular weight excluding hydrogens is 240 g/mol. The summed E-state index contributed by atoms with van der Waals surface area (Å²) in [5.74, 6) is -4.18. The van der Waals surface area contributed by atoms with Gasteiger partial charge in [0.2, 0.25) is 5.91 Å². The molecule has 1 unspecified atom stereocenters. The van der Waals surface area contributed by atoms with E-state index in [2.05, 4.69) is 0 Å². The number of carbonyl (C=O) groups is 1. The minimum Gasteiger partial charge on any atom is -0.371 e. The predicted octanol–water partition coefficient (Wildman–Crippen LogP) is 2.20. The Hall–Kier alpha value is -0.710. The Morgan fingerprint density at radius 1 is 1.22 bits per heavy atom. The van der Waals surface area contributed by atoms with Gasteiger partial charge >= 0.3 is 0 Å². The molecule has 3 aliphatic rings. The van der Waals surface area contributed by atoms with Crippen LogP contribution in [0.1, 0.15) is 38.5 Å². The second kappa shape index (κ2) is 4.15. The van der Waals surface area contributed by atoms with Gasteiger partial charge in [-0.25, -0.2) is 8.78 Å². The Labute approximate surface area is 105 Å². The zero-order valence-electron chi connectivity index (χ0n) is 10.5. The Kier molecular flexibility index (Phi) is 2.84. The molecule has 0 aromatic rings. The first kappa shape index (κ1) is 12.3. The highest BCUT2D eigenvalue weighted by Crippen LogP contribution is 2.50. The number of rotatable bonds is 1. The van der Waals surface area contributed by atoms with Crippen molar-refractivity contribution in [1.82, 2.24) is 4.90 Å². The van der Waals surface area contributed by atoms with Crippen molar-refractivity contribution in [3.8, 4) is 0 Å². The van der Waals surface area contributed by atoms with Crippen molar-refractivity contribution in [2.24, 2.45) is 5.92 Å². The SMILES string of the molecule is O=C(C1CC1(F)F)N1CCOC2(CCCCC2)C1. The third-order valence-electron chi connectivity index (χ3n) is 4.45. The van der Waals surface area contributed by atoms with Crippen LogP contribution >= 0.6 is 0 Å². The van der Waals surface area contributed by atoms with E-state index in [0.717, 1.165) is 25.7 Å². The van der Waals surface area contributed by atoms with E-state index in [9.17, 15) is 13.6 Å². The lowest BCUT2D eigenvalue weighted by Gasteiger charge is -2.45. The summed E-state index contributed by atoms with van der Waals surface area (Å²) < 4.78 is 31.8. The molecule has 5 heteroatoms. The number of alkyl halides is 2. The molecule has 18 heavy (non-hydrogen) atoms. The van der Waals surface area contributed by atoms with Crippen molar-refractivity contribution in [3.05, 3.63) is 0 Å². The van der Waals surface area contributed by atoms with Gasteiger partial charge in [0.15, 0.2) is 0 Å². The third-order valence-corrected chi connectivity index (χ3v) is 4.45. The van der Waals surface area contributed by atoms with Crippen LogP contribution in [0.15, 0.2) is 0 Å². The predicted molar refractivity (Wildman–Crippen MR) is 61.4 cm³/mol. The molecule has 3 fully saturated rings. The molecule has 0 radical (unpaired) electrons. The van der Waals surface area contributed by atoms with Gasteiger partial charge in [0, 0.05) is 19.5 Å². The molecule has 1 saturated heterocycles. The normalized spacial score (nSPS) is 33.4. The highest BCUT2D eigenvalue weighted by Gasteiger charge is 2.62. The van der Waals surface area contributed by atoms with E-state index >= 15 is 0 Å². The van der Waals surface area contributed by atoms with Gasteiger partial charge < -0.3 is 9.64 Å². The first-order valence-electron chi connectivity index (χ1n) is 6.83. The van der Waals surface area contributed by atoms with Crippen LogP contribution in [0.25, 0.3) is 0 Å². The van der Waals surface area contributed by atoms with E-state index in [1.54, 1.807) is 4.90 Å². The summed E-state index contributed by atoms with van der Waals surface area (Å²) >= 11 is 0. The second-order valence-corrected chi connectivity index (χ2v) is 5.87. The van der Waals surface area contributed by atoms with Gasteiger partial charge in [-0.2, -0.15) is 0 Å². The summed E-state index contributed by atoms with van der Waals surface area (Å²) in [7, 11) is 0. The molecule has 3 nitrogen and oxygen atoms in total. The number of hydrogen-bond donors (Lipinski definition) is 0. The first-order chi connectivity index (χ1) is 8.53. The van der Waals surface area contributed by atoms with E-state index in [1.165, 1.54) is 6.42 Å². The maximum absolute atomic E-state index is 13.0. The monoisotopic (exact) mass is 259 g/mol. The van der Waals surface area contributed by atoms with Gasteiger partial charge in [-0.15, -0.1) is 0 Å². The summed E-state index contributed by atoms with van der Waals surface area (Å²) in [5, 5.41) is 0. The van der Waals surface area contributed by atoms with Crippen LogP contribution in [0.2, 0.25) is 0 Å². The van der Waals surface area contributed by atoms with E-state index in [4.69, 9.17) is 4.74 Å². The Bertz CT molecular complexity index is 347. The fraction of sp³-hybridized carbons (Fsp3) is 0.923. The fourth-order valence-electron chi connectivity index (χ4n) is 3.23. The minimum absolute atomic E-state index is 0.240. The van der Waals surface area contributed by atoms with Gasteiger partial charge in [0.1, 0.15) is 5.92 Å². The molecule has 1 atom stereocenters. The smallest absolute Gasteiger partial charge is 0.260 e. The Morgan fingerprint density at radius 3 is 2.50 bits per heavy atom. The maximum Gasteiger partial charge on any atom is 0.260 e. The van der Waals surface area contributed by atoms with Gasteiger partial charge in [-0.1, -0.05) is 19.3 Å². The minimum atomic E-state index is -2.75. The summed E-state index contributed by atoms with van der Waals surface area (Å²) in [6.07, 6.45) is 5.08. The molecule has 102 valence electrons. The molecule has 1 amide bonds. The lowest BCUT2D eigenvalue weighted by atomic mass is 9.83. The second-order valence-electron chi connectivity index (χ2n) is 5.87. The summed E-state index contributed by atoms with van der Waals surface area (Å²) in [6, 6.07) is 0. The highest BCUT2D eigenvalue weighted by atomic mass is 19.3. The van der Waals surface area contributed by atoms with Crippen LogP contribution < -0.4 is 0 Å². The van der Waals surface area contributed by atoms with Crippen LogP contribution in [0, 0.1) is 5.92 Å². The molecule has 1 aliphatic heterocycles. The molecular formula is C13H19F2NO2. The summed E-state index contributed by atoms with van der Waals surface area (Å²) in [6.45, 7) is 1.47. The average Bonchev–Trinajstić information content (AvgIpc) is 2.98. The summed E-state index contributed by atoms with van der Waals surface area (Å²) in [4.78, 5) is 13.6. The number of ether oxygens (including phenoxy) is 1. The molecule has 0 aromatic carbocycles. The molecule has 2 saturated carbocycles. The lowest BCUT2D eigenvalue weighted by Crippen LogP contribution is -2.55. The number of nitrogens with zero attached hydrogens (tertiary/aromatic N) is 1. The van der Waals surface area contributed by atoms with Crippen LogP contribution in [0.3, 0.4) is 0 Å². The standard InChI is InChI=1S/C13H19F2NO2/c14-13(15)8-10(13)11(17)16-6-7-18-12(9-16)4-2-1-3-5-12/h10H,1-9H2. The van der Waals surface area contributed by atoms with Crippen molar-refractivity contribution in [2.45, 2.75) is 50.0 Å². The van der Waals surface area contributed by atoms with Crippen molar-refractivity contribution >= 4 is 5.91 Å². The number of amides is 1. The molecule has 2 aliphatic carbocycles. The molecule has 3 rings (SSSR count). The van der Waals surface area contributed by atoms with Crippen LogP contribution in [0.5, 0.6) is 0 Å². The van der Waals surface area contributed by atoms with Crippen LogP contribution in [0.4, 0.5) is 8.78 Å². The Morgan fingerprint density at radius 2 is 1.89 bits per heavy atom. The fourth-order valence-corrected chi connectivity index (χ4v) is 3.23. The topological polar surface area (TPSA) is 29.5 Å². The molecule has 1 spiro atoms. The quantitative estimate of drug-likeness (QED) is 0.722. The average molecular weight is 259 g/mol. The lowest BCUT2D eigenvalue weighted by molar-refractivity contribution is -0.159. The van der Waals surface area contributed by atoms with Gasteiger partial charge in [0.05, 0.1) is 12.2 Å². The van der Waals surface area contributed by atoms with E-state index in [1.807, 2.05) is 0 Å². The number of hydrogen-bond acceptors (Lipinski definition) is 2. The molecule has 1 heterocycles. The zero-order chi connectivity index (χ0) is 12.8. The Balaban J connectivity index is 1.65. The summed E-state index contributed by atoms with van der Waals surface area (Å²) in [5.41, 5.74) is -0.240.